The normalized spacial score (nSPS) is 13.1. The Morgan fingerprint density at radius 1 is 0.375 bits per heavy atom. The molecule has 8 aromatic carbocycles. The van der Waals surface area contributed by atoms with Gasteiger partial charge in [-0.15, -0.1) is 0 Å². The second kappa shape index (κ2) is 10.0. The van der Waals surface area contributed by atoms with Crippen LogP contribution in [0.3, 0.4) is 0 Å². The van der Waals surface area contributed by atoms with Gasteiger partial charge in [0.2, 0.25) is 0 Å². The number of nitrogens with zero attached hydrogens (tertiary/aromatic N) is 2. The SMILES string of the molecule is N#Cc1ccc(N(c2ccccc2)c2ccc3cc4c(cc3c2)C2(c3ccccc3-c3ccccc32)c2cc3ccccc3cc2-4)cc1. The van der Waals surface area contributed by atoms with E-state index in [9.17, 15) is 5.26 Å². The van der Waals surface area contributed by atoms with Gasteiger partial charge in [-0.1, -0.05) is 97.1 Å². The number of rotatable bonds is 3. The zero-order valence-electron chi connectivity index (χ0n) is 26.1. The third kappa shape index (κ3) is 3.62. The van der Waals surface area contributed by atoms with Crippen LogP contribution in [0, 0.1) is 11.3 Å². The molecule has 0 fully saturated rings. The molecule has 222 valence electrons. The van der Waals surface area contributed by atoms with Crippen LogP contribution < -0.4 is 4.90 Å². The van der Waals surface area contributed by atoms with Gasteiger partial charge in [0.25, 0.3) is 0 Å². The van der Waals surface area contributed by atoms with Gasteiger partial charge in [0.05, 0.1) is 17.0 Å². The lowest BCUT2D eigenvalue weighted by Gasteiger charge is -2.31. The summed E-state index contributed by atoms with van der Waals surface area (Å²) in [6.45, 7) is 0. The first kappa shape index (κ1) is 26.8. The van der Waals surface area contributed by atoms with E-state index in [1.807, 2.05) is 30.3 Å². The van der Waals surface area contributed by atoms with Crippen molar-refractivity contribution in [1.82, 2.24) is 0 Å². The molecule has 2 nitrogen and oxygen atoms in total. The van der Waals surface area contributed by atoms with Crippen LogP contribution in [0.15, 0.2) is 170 Å². The zero-order chi connectivity index (χ0) is 31.8. The molecule has 0 heterocycles. The molecule has 0 saturated heterocycles. The van der Waals surface area contributed by atoms with Crippen LogP contribution >= 0.6 is 0 Å². The molecule has 10 rings (SSSR count). The molecular formula is C46H28N2. The van der Waals surface area contributed by atoms with E-state index >= 15 is 0 Å². The van der Waals surface area contributed by atoms with Crippen molar-refractivity contribution in [1.29, 1.82) is 5.26 Å². The van der Waals surface area contributed by atoms with Crippen molar-refractivity contribution in [2.45, 2.75) is 5.41 Å². The van der Waals surface area contributed by atoms with Gasteiger partial charge in [-0.3, -0.25) is 0 Å². The van der Waals surface area contributed by atoms with E-state index in [-0.39, 0.29) is 0 Å². The maximum Gasteiger partial charge on any atom is 0.0991 e. The van der Waals surface area contributed by atoms with Gasteiger partial charge in [-0.2, -0.15) is 5.26 Å². The molecular weight excluding hydrogens is 581 g/mol. The van der Waals surface area contributed by atoms with Crippen molar-refractivity contribution >= 4 is 38.6 Å². The molecule has 2 heteroatoms. The quantitative estimate of drug-likeness (QED) is 0.199. The van der Waals surface area contributed by atoms with Crippen molar-refractivity contribution in [3.8, 4) is 28.3 Å². The first-order valence-electron chi connectivity index (χ1n) is 16.4. The average molecular weight is 609 g/mol. The third-order valence-electron chi connectivity index (χ3n) is 10.4. The largest absolute Gasteiger partial charge is 0.310 e. The van der Waals surface area contributed by atoms with Gasteiger partial charge < -0.3 is 4.90 Å². The van der Waals surface area contributed by atoms with Crippen molar-refractivity contribution in [2.24, 2.45) is 0 Å². The lowest BCUT2D eigenvalue weighted by molar-refractivity contribution is 0.796. The van der Waals surface area contributed by atoms with Crippen LogP contribution in [-0.4, -0.2) is 0 Å². The number of fused-ring (bicyclic) bond motifs is 12. The van der Waals surface area contributed by atoms with E-state index < -0.39 is 5.41 Å². The highest BCUT2D eigenvalue weighted by molar-refractivity contribution is 6.04. The molecule has 0 aromatic heterocycles. The van der Waals surface area contributed by atoms with E-state index in [1.165, 1.54) is 66.1 Å². The minimum absolute atomic E-state index is 0.418. The summed E-state index contributed by atoms with van der Waals surface area (Å²) in [5, 5.41) is 14.4. The van der Waals surface area contributed by atoms with Crippen molar-refractivity contribution in [3.05, 3.63) is 198 Å². The Balaban J connectivity index is 1.26. The van der Waals surface area contributed by atoms with E-state index in [2.05, 4.69) is 150 Å². The van der Waals surface area contributed by atoms with Gasteiger partial charge in [-0.05, 0) is 139 Å². The Kier molecular flexibility index (Phi) is 5.59. The Bertz CT molecular complexity index is 2580. The minimum atomic E-state index is -0.418. The Morgan fingerprint density at radius 3 is 1.52 bits per heavy atom. The fourth-order valence-electron chi connectivity index (χ4n) is 8.40. The third-order valence-corrected chi connectivity index (χ3v) is 10.4. The molecule has 2 aliphatic carbocycles. The molecule has 1 spiro atoms. The van der Waals surface area contributed by atoms with E-state index in [0.29, 0.717) is 5.56 Å². The number of hydrogen-bond donors (Lipinski definition) is 0. The van der Waals surface area contributed by atoms with Crippen LogP contribution in [0.1, 0.15) is 27.8 Å². The second-order valence-corrected chi connectivity index (χ2v) is 12.8. The van der Waals surface area contributed by atoms with Gasteiger partial charge in [0, 0.05) is 17.1 Å². The fourth-order valence-corrected chi connectivity index (χ4v) is 8.40. The number of para-hydroxylation sites is 1. The average Bonchev–Trinajstić information content (AvgIpc) is 3.60. The summed E-state index contributed by atoms with van der Waals surface area (Å²) in [6, 6.07) is 63.8. The first-order valence-corrected chi connectivity index (χ1v) is 16.4. The Morgan fingerprint density at radius 2 is 0.875 bits per heavy atom. The highest BCUT2D eigenvalue weighted by Crippen LogP contribution is 2.63. The van der Waals surface area contributed by atoms with Crippen molar-refractivity contribution in [3.63, 3.8) is 0 Å². The molecule has 0 amide bonds. The maximum atomic E-state index is 9.46. The molecule has 0 aliphatic heterocycles. The highest BCUT2D eigenvalue weighted by atomic mass is 15.1. The molecule has 0 atom stereocenters. The predicted molar refractivity (Wildman–Crippen MR) is 197 cm³/mol. The monoisotopic (exact) mass is 608 g/mol. The molecule has 8 aromatic rings. The summed E-state index contributed by atoms with van der Waals surface area (Å²) in [7, 11) is 0. The van der Waals surface area contributed by atoms with Crippen molar-refractivity contribution in [2.75, 3.05) is 4.90 Å². The van der Waals surface area contributed by atoms with Crippen molar-refractivity contribution < 1.29 is 0 Å². The standard InChI is InChI=1S/C46H28N2/c47-29-30-18-21-36(22-19-30)48(35-12-2-1-3-13-35)37-23-20-33-26-41-40-25-31-10-4-5-11-32(31)27-44(40)46(45(41)28-34(33)24-37)42-16-8-6-14-38(42)39-15-7-9-17-43(39)46/h1-28H. The smallest absolute Gasteiger partial charge is 0.0991 e. The summed E-state index contributed by atoms with van der Waals surface area (Å²) in [6.07, 6.45) is 0. The number of nitriles is 1. The second-order valence-electron chi connectivity index (χ2n) is 12.8. The topological polar surface area (TPSA) is 27.0 Å². The number of hydrogen-bond acceptors (Lipinski definition) is 2. The highest BCUT2D eigenvalue weighted by Gasteiger charge is 2.51. The van der Waals surface area contributed by atoms with Gasteiger partial charge >= 0.3 is 0 Å². The first-order chi connectivity index (χ1) is 23.7. The lowest BCUT2D eigenvalue weighted by Crippen LogP contribution is -2.25. The van der Waals surface area contributed by atoms with Crippen LogP contribution in [0.2, 0.25) is 0 Å². The minimum Gasteiger partial charge on any atom is -0.310 e. The van der Waals surface area contributed by atoms with Crippen LogP contribution in [0.25, 0.3) is 43.8 Å². The van der Waals surface area contributed by atoms with E-state index in [1.54, 1.807) is 0 Å². The number of benzene rings is 8. The summed E-state index contributed by atoms with van der Waals surface area (Å²) >= 11 is 0. The Labute approximate surface area is 279 Å². The van der Waals surface area contributed by atoms with E-state index in [4.69, 9.17) is 0 Å². The summed E-state index contributed by atoms with van der Waals surface area (Å²) in [5.74, 6) is 0. The van der Waals surface area contributed by atoms with Crippen LogP contribution in [0.4, 0.5) is 17.1 Å². The lowest BCUT2D eigenvalue weighted by atomic mass is 9.70. The summed E-state index contributed by atoms with van der Waals surface area (Å²) in [4.78, 5) is 2.27. The molecule has 2 aliphatic rings. The van der Waals surface area contributed by atoms with Crippen LogP contribution in [0.5, 0.6) is 0 Å². The van der Waals surface area contributed by atoms with Gasteiger partial charge in [-0.25, -0.2) is 0 Å². The molecule has 0 radical (unpaired) electrons. The molecule has 0 bridgehead atoms. The molecule has 0 saturated carbocycles. The molecule has 48 heavy (non-hydrogen) atoms. The van der Waals surface area contributed by atoms with Crippen LogP contribution in [-0.2, 0) is 5.41 Å². The van der Waals surface area contributed by atoms with Gasteiger partial charge in [0.1, 0.15) is 0 Å². The van der Waals surface area contributed by atoms with Gasteiger partial charge in [0.15, 0.2) is 0 Å². The summed E-state index contributed by atoms with van der Waals surface area (Å²) < 4.78 is 0. The fraction of sp³-hybridized carbons (Fsp3) is 0.0217. The molecule has 0 unspecified atom stereocenters. The van der Waals surface area contributed by atoms with E-state index in [0.717, 1.165) is 17.1 Å². The maximum absolute atomic E-state index is 9.46. The molecule has 0 N–H and O–H groups in total. The zero-order valence-corrected chi connectivity index (χ0v) is 26.1. The summed E-state index contributed by atoms with van der Waals surface area (Å²) in [5.41, 5.74) is 14.0. The number of anilines is 3. The predicted octanol–water partition coefficient (Wildman–Crippen LogP) is 11.7. The Hall–Kier alpha value is -6.43.